The van der Waals surface area contributed by atoms with Crippen LogP contribution >= 0.6 is 0 Å². The fraction of sp³-hybridized carbons (Fsp3) is 0.700. The molecule has 0 saturated heterocycles. The summed E-state index contributed by atoms with van der Waals surface area (Å²) in [4.78, 5) is 0. The Morgan fingerprint density at radius 2 is 1.71 bits per heavy atom. The summed E-state index contributed by atoms with van der Waals surface area (Å²) in [6, 6.07) is 12.6. The van der Waals surface area contributed by atoms with Crippen molar-refractivity contribution >= 4 is 0 Å². The minimum Gasteiger partial charge on any atom is -0.311 e. The zero-order valence-corrected chi connectivity index (χ0v) is 13.7. The van der Waals surface area contributed by atoms with Crippen molar-refractivity contribution in [3.05, 3.63) is 35.9 Å². The number of fused-ring (bicyclic) bond motifs is 2. The summed E-state index contributed by atoms with van der Waals surface area (Å²) in [5.41, 5.74) is 2.60. The molecule has 3 atom stereocenters. The summed E-state index contributed by atoms with van der Waals surface area (Å²) in [5.74, 6) is 1.74. The van der Waals surface area contributed by atoms with Crippen LogP contribution in [0.25, 0.3) is 0 Å². The minimum absolute atomic E-state index is 0.523. The van der Waals surface area contributed by atoms with Crippen LogP contribution in [0.2, 0.25) is 0 Å². The van der Waals surface area contributed by atoms with E-state index in [-0.39, 0.29) is 0 Å². The van der Waals surface area contributed by atoms with Gasteiger partial charge in [-0.25, -0.2) is 0 Å². The number of benzene rings is 1. The van der Waals surface area contributed by atoms with Crippen LogP contribution in [0.5, 0.6) is 0 Å². The molecular formula is C20H29N. The first-order chi connectivity index (χ1) is 10.0. The van der Waals surface area contributed by atoms with Gasteiger partial charge in [0.2, 0.25) is 0 Å². The fourth-order valence-corrected chi connectivity index (χ4v) is 5.49. The van der Waals surface area contributed by atoms with E-state index in [1.807, 2.05) is 0 Å². The monoisotopic (exact) mass is 283 g/mol. The topological polar surface area (TPSA) is 12.0 Å². The lowest BCUT2D eigenvalue weighted by Gasteiger charge is -2.45. The van der Waals surface area contributed by atoms with E-state index < -0.39 is 0 Å². The third-order valence-corrected chi connectivity index (χ3v) is 7.64. The van der Waals surface area contributed by atoms with Gasteiger partial charge >= 0.3 is 0 Å². The molecule has 0 aromatic heterocycles. The Morgan fingerprint density at radius 3 is 2.29 bits per heavy atom. The molecular weight excluding hydrogens is 254 g/mol. The van der Waals surface area contributed by atoms with E-state index in [0.717, 1.165) is 23.9 Å². The molecule has 3 saturated carbocycles. The van der Waals surface area contributed by atoms with Crippen LogP contribution in [0.3, 0.4) is 0 Å². The predicted octanol–water partition coefficient (Wildman–Crippen LogP) is 4.74. The predicted molar refractivity (Wildman–Crippen MR) is 88.4 cm³/mol. The average Bonchev–Trinajstić information content (AvgIpc) is 2.76. The Morgan fingerprint density at radius 1 is 1.00 bits per heavy atom. The van der Waals surface area contributed by atoms with Crippen molar-refractivity contribution < 1.29 is 0 Å². The van der Waals surface area contributed by atoms with Gasteiger partial charge in [0.15, 0.2) is 0 Å². The molecule has 3 aliphatic rings. The zero-order valence-electron chi connectivity index (χ0n) is 13.7. The van der Waals surface area contributed by atoms with Crippen LogP contribution < -0.4 is 5.32 Å². The van der Waals surface area contributed by atoms with Crippen LogP contribution in [0, 0.1) is 16.7 Å². The second-order valence-corrected chi connectivity index (χ2v) is 8.61. The highest BCUT2D eigenvalue weighted by atomic mass is 15.0. The number of rotatable bonds is 3. The van der Waals surface area contributed by atoms with E-state index in [2.05, 4.69) is 56.4 Å². The third kappa shape index (κ3) is 1.93. The Kier molecular flexibility index (Phi) is 3.02. The zero-order chi connectivity index (χ0) is 14.7. The lowest BCUT2D eigenvalue weighted by atomic mass is 9.68. The van der Waals surface area contributed by atoms with Gasteiger partial charge in [-0.05, 0) is 60.3 Å². The van der Waals surface area contributed by atoms with Crippen molar-refractivity contribution in [1.82, 2.24) is 5.32 Å². The van der Waals surface area contributed by atoms with E-state index in [0.29, 0.717) is 10.8 Å². The molecule has 3 unspecified atom stereocenters. The maximum Gasteiger partial charge on any atom is 0.0131 e. The van der Waals surface area contributed by atoms with E-state index in [9.17, 15) is 0 Å². The molecule has 1 aromatic carbocycles. The van der Waals surface area contributed by atoms with Gasteiger partial charge in [0, 0.05) is 12.1 Å². The number of hydrogen-bond donors (Lipinski definition) is 1. The molecule has 0 heterocycles. The van der Waals surface area contributed by atoms with Gasteiger partial charge in [0.25, 0.3) is 0 Å². The Hall–Kier alpha value is -0.820. The molecule has 0 spiro atoms. The molecule has 21 heavy (non-hydrogen) atoms. The second kappa shape index (κ2) is 4.59. The van der Waals surface area contributed by atoms with Gasteiger partial charge < -0.3 is 5.32 Å². The van der Waals surface area contributed by atoms with E-state index in [4.69, 9.17) is 0 Å². The van der Waals surface area contributed by atoms with Gasteiger partial charge in [-0.1, -0.05) is 51.1 Å². The van der Waals surface area contributed by atoms with Gasteiger partial charge in [0.1, 0.15) is 0 Å². The summed E-state index contributed by atoms with van der Waals surface area (Å²) in [7, 11) is 0. The highest BCUT2D eigenvalue weighted by Crippen LogP contribution is 2.65. The smallest absolute Gasteiger partial charge is 0.0131 e. The molecule has 1 nitrogen and oxygen atoms in total. The molecule has 0 aliphatic heterocycles. The summed E-state index contributed by atoms with van der Waals surface area (Å²) < 4.78 is 0. The van der Waals surface area contributed by atoms with E-state index >= 15 is 0 Å². The van der Waals surface area contributed by atoms with E-state index in [1.54, 1.807) is 0 Å². The minimum atomic E-state index is 0.523. The van der Waals surface area contributed by atoms with Gasteiger partial charge in [0.05, 0.1) is 0 Å². The van der Waals surface area contributed by atoms with Crippen molar-refractivity contribution in [2.24, 2.45) is 16.7 Å². The molecule has 1 aromatic rings. The second-order valence-electron chi connectivity index (χ2n) is 8.61. The van der Waals surface area contributed by atoms with Crippen molar-refractivity contribution in [3.8, 4) is 0 Å². The fourth-order valence-electron chi connectivity index (χ4n) is 5.49. The molecule has 4 rings (SSSR count). The van der Waals surface area contributed by atoms with Crippen molar-refractivity contribution in [3.63, 3.8) is 0 Å². The molecule has 2 bridgehead atoms. The van der Waals surface area contributed by atoms with Crippen LogP contribution in [0.4, 0.5) is 0 Å². The summed E-state index contributed by atoms with van der Waals surface area (Å²) >= 11 is 0. The summed E-state index contributed by atoms with van der Waals surface area (Å²) in [6.07, 6.45) is 6.97. The summed E-state index contributed by atoms with van der Waals surface area (Å²) in [6.45, 7) is 7.57. The van der Waals surface area contributed by atoms with Crippen LogP contribution in [-0.2, 0) is 0 Å². The first kappa shape index (κ1) is 13.8. The van der Waals surface area contributed by atoms with Crippen LogP contribution in [0.1, 0.15) is 64.4 Å². The highest BCUT2D eigenvalue weighted by molar-refractivity contribution is 5.23. The first-order valence-corrected chi connectivity index (χ1v) is 8.82. The average molecular weight is 283 g/mol. The van der Waals surface area contributed by atoms with Gasteiger partial charge in [-0.3, -0.25) is 0 Å². The quantitative estimate of drug-likeness (QED) is 0.845. The van der Waals surface area contributed by atoms with E-state index in [1.165, 1.54) is 37.7 Å². The van der Waals surface area contributed by atoms with Crippen molar-refractivity contribution in [1.29, 1.82) is 0 Å². The maximum atomic E-state index is 4.04. The number of hydrogen-bond acceptors (Lipinski definition) is 1. The maximum absolute atomic E-state index is 4.04. The summed E-state index contributed by atoms with van der Waals surface area (Å²) in [5, 5.41) is 4.04. The van der Waals surface area contributed by atoms with Crippen LogP contribution in [0.15, 0.2) is 30.3 Å². The Bertz CT molecular complexity index is 514. The Labute approximate surface area is 129 Å². The first-order valence-electron chi connectivity index (χ1n) is 8.82. The standard InChI is InChI=1S/C20H29N/c1-19(2)16-9-10-20(19,3)18(13-16)21-17-11-15(12-17)14-7-5-4-6-8-14/h4-8,15-18,21H,9-13H2,1-3H3. The molecule has 3 aliphatic carbocycles. The number of nitrogens with one attached hydrogen (secondary N) is 1. The largest absolute Gasteiger partial charge is 0.311 e. The SMILES string of the molecule is CC1(C)C2CCC1(C)C(NC1CC(c3ccccc3)C1)C2. The molecule has 0 amide bonds. The van der Waals surface area contributed by atoms with Gasteiger partial charge in [-0.15, -0.1) is 0 Å². The van der Waals surface area contributed by atoms with Crippen molar-refractivity contribution in [2.75, 3.05) is 0 Å². The molecule has 1 N–H and O–H groups in total. The Balaban J connectivity index is 1.37. The third-order valence-electron chi connectivity index (χ3n) is 7.64. The molecule has 3 fully saturated rings. The van der Waals surface area contributed by atoms with Crippen molar-refractivity contribution in [2.45, 2.75) is 70.9 Å². The van der Waals surface area contributed by atoms with Crippen LogP contribution in [-0.4, -0.2) is 12.1 Å². The molecule has 114 valence electrons. The normalized spacial score (nSPS) is 43.8. The lowest BCUT2D eigenvalue weighted by molar-refractivity contribution is 0.103. The molecule has 0 radical (unpaired) electrons. The lowest BCUT2D eigenvalue weighted by Crippen LogP contribution is -2.52. The highest BCUT2D eigenvalue weighted by Gasteiger charge is 2.61. The molecule has 1 heteroatoms. The van der Waals surface area contributed by atoms with Gasteiger partial charge in [-0.2, -0.15) is 0 Å².